The van der Waals surface area contributed by atoms with Crippen molar-refractivity contribution in [1.29, 1.82) is 0 Å². The second-order valence-corrected chi connectivity index (χ2v) is 8.18. The van der Waals surface area contributed by atoms with Crippen molar-refractivity contribution >= 4 is 16.8 Å². The fraction of sp³-hybridized carbons (Fsp3) is 0.375. The van der Waals surface area contributed by atoms with Crippen LogP contribution in [0.5, 0.6) is 0 Å². The third-order valence-corrected chi connectivity index (χ3v) is 6.03. The van der Waals surface area contributed by atoms with Gasteiger partial charge in [0.2, 0.25) is 0 Å². The molecule has 1 aromatic carbocycles. The van der Waals surface area contributed by atoms with Gasteiger partial charge < -0.3 is 15.5 Å². The molecule has 2 unspecified atom stereocenters. The van der Waals surface area contributed by atoms with Gasteiger partial charge in [-0.1, -0.05) is 12.1 Å². The number of nitrogens with one attached hydrogen (secondary N) is 1. The molecule has 3 aromatic rings. The first-order chi connectivity index (χ1) is 14.9. The maximum atomic E-state index is 12.9. The first kappa shape index (κ1) is 21.2. The van der Waals surface area contributed by atoms with Crippen LogP contribution in [-0.4, -0.2) is 28.6 Å². The molecule has 0 bridgehead atoms. The van der Waals surface area contributed by atoms with E-state index in [-0.39, 0.29) is 34.3 Å². The number of hydrogen-bond acceptors (Lipinski definition) is 4. The van der Waals surface area contributed by atoms with Crippen molar-refractivity contribution in [2.24, 2.45) is 5.73 Å². The zero-order chi connectivity index (χ0) is 22.0. The van der Waals surface area contributed by atoms with E-state index in [1.165, 1.54) is 17.8 Å². The summed E-state index contributed by atoms with van der Waals surface area (Å²) in [6.45, 7) is 2.64. The van der Waals surface area contributed by atoms with Crippen molar-refractivity contribution in [1.82, 2.24) is 9.97 Å². The maximum absolute atomic E-state index is 12.9. The fourth-order valence-corrected chi connectivity index (χ4v) is 4.33. The minimum atomic E-state index is -0.700. The number of carbonyl (C=O) groups is 1. The topological polar surface area (TPSA) is 98.1 Å². The molecule has 1 amide bonds. The Morgan fingerprint density at radius 2 is 2.10 bits per heavy atom. The number of fused-ring (bicyclic) bond motifs is 2. The number of ether oxygens (including phenoxy) is 1. The molecule has 3 heterocycles. The molecule has 2 aromatic heterocycles. The Balaban J connectivity index is 0.000000192. The number of rotatable bonds is 2. The summed E-state index contributed by atoms with van der Waals surface area (Å²) < 4.78 is 18.5. The monoisotopic (exact) mass is 423 g/mol. The molecule has 1 saturated heterocycles. The summed E-state index contributed by atoms with van der Waals surface area (Å²) in [6.07, 6.45) is 6.79. The van der Waals surface area contributed by atoms with Crippen LogP contribution in [0.25, 0.3) is 10.9 Å². The van der Waals surface area contributed by atoms with Crippen molar-refractivity contribution in [2.45, 2.75) is 51.0 Å². The lowest BCUT2D eigenvalue weighted by atomic mass is 9.95. The molecular formula is C24H26FN3O3. The van der Waals surface area contributed by atoms with Crippen molar-refractivity contribution in [3.63, 3.8) is 0 Å². The van der Waals surface area contributed by atoms with Gasteiger partial charge in [0.05, 0.1) is 23.6 Å². The summed E-state index contributed by atoms with van der Waals surface area (Å²) in [7, 11) is 0. The normalized spacial score (nSPS) is 20.1. The lowest BCUT2D eigenvalue weighted by molar-refractivity contribution is 0.0147. The number of benzene rings is 1. The lowest BCUT2D eigenvalue weighted by Gasteiger charge is -2.27. The zero-order valence-electron chi connectivity index (χ0n) is 17.5. The number of hydrogen-bond donors (Lipinski definition) is 2. The van der Waals surface area contributed by atoms with E-state index in [0.29, 0.717) is 12.1 Å². The molecule has 0 saturated carbocycles. The van der Waals surface area contributed by atoms with Gasteiger partial charge >= 0.3 is 0 Å². The molecule has 0 spiro atoms. The third-order valence-electron chi connectivity index (χ3n) is 6.03. The number of H-pyrrole nitrogens is 1. The van der Waals surface area contributed by atoms with E-state index in [0.717, 1.165) is 43.4 Å². The number of halogens is 1. The van der Waals surface area contributed by atoms with E-state index in [4.69, 9.17) is 10.5 Å². The Morgan fingerprint density at radius 3 is 2.81 bits per heavy atom. The second-order valence-electron chi connectivity index (χ2n) is 8.18. The van der Waals surface area contributed by atoms with Gasteiger partial charge in [-0.05, 0) is 62.3 Å². The van der Waals surface area contributed by atoms with Crippen LogP contribution in [0, 0.1) is 5.82 Å². The van der Waals surface area contributed by atoms with Gasteiger partial charge in [0.25, 0.3) is 5.91 Å². The minimum Gasteiger partial charge on any atom is -0.378 e. The van der Waals surface area contributed by atoms with Gasteiger partial charge in [-0.2, -0.15) is 0 Å². The first-order valence-corrected chi connectivity index (χ1v) is 10.6. The summed E-state index contributed by atoms with van der Waals surface area (Å²) in [6, 6.07) is 8.56. The Kier molecular flexibility index (Phi) is 6.13. The Bertz CT molecular complexity index is 1170. The van der Waals surface area contributed by atoms with Gasteiger partial charge in [0.15, 0.2) is 5.43 Å². The van der Waals surface area contributed by atoms with Gasteiger partial charge in [0.1, 0.15) is 11.5 Å². The van der Waals surface area contributed by atoms with Crippen molar-refractivity contribution in [3.05, 3.63) is 75.1 Å². The number of carbonyl (C=O) groups excluding carboxylic acids is 1. The summed E-state index contributed by atoms with van der Waals surface area (Å²) >= 11 is 0. The summed E-state index contributed by atoms with van der Waals surface area (Å²) in [5, 5.41) is 0.249. The van der Waals surface area contributed by atoms with Crippen LogP contribution >= 0.6 is 0 Å². The summed E-state index contributed by atoms with van der Waals surface area (Å²) in [5.41, 5.74) is 8.61. The molecule has 1 fully saturated rings. The third kappa shape index (κ3) is 4.51. The smallest absolute Gasteiger partial charge is 0.268 e. The highest BCUT2D eigenvalue weighted by Gasteiger charge is 2.22. The van der Waals surface area contributed by atoms with Crippen LogP contribution in [-0.2, 0) is 17.6 Å². The van der Waals surface area contributed by atoms with Crippen LogP contribution in [0.2, 0.25) is 0 Å². The Hall–Kier alpha value is -3.06. The predicted molar refractivity (Wildman–Crippen MR) is 117 cm³/mol. The van der Waals surface area contributed by atoms with Crippen molar-refractivity contribution in [2.75, 3.05) is 6.61 Å². The highest BCUT2D eigenvalue weighted by molar-refractivity contribution is 6.03. The number of primary amides is 1. The van der Waals surface area contributed by atoms with E-state index < -0.39 is 5.91 Å². The molecule has 2 atom stereocenters. The number of pyridine rings is 2. The highest BCUT2D eigenvalue weighted by Crippen LogP contribution is 2.27. The van der Waals surface area contributed by atoms with Crippen LogP contribution in [0.3, 0.4) is 0 Å². The molecule has 0 radical (unpaired) electrons. The molecule has 3 N–H and O–H groups in total. The SMILES string of the molecule is CC1CCC(c2cc(=O)c3c(C(N)=O)nccc3[nH]2)CO1.Fc1cccc2c1CCC2. The van der Waals surface area contributed by atoms with Crippen LogP contribution in [0.1, 0.15) is 59.4 Å². The molecule has 6 nitrogen and oxygen atoms in total. The predicted octanol–water partition coefficient (Wildman–Crippen LogP) is 3.62. The number of amides is 1. The Labute approximate surface area is 179 Å². The average molecular weight is 423 g/mol. The first-order valence-electron chi connectivity index (χ1n) is 10.6. The molecule has 5 rings (SSSR count). The number of nitrogens with two attached hydrogens (primary N) is 1. The molecule has 1 aliphatic heterocycles. The van der Waals surface area contributed by atoms with Crippen molar-refractivity contribution in [3.8, 4) is 0 Å². The Morgan fingerprint density at radius 1 is 1.26 bits per heavy atom. The largest absolute Gasteiger partial charge is 0.378 e. The number of aromatic amines is 1. The van der Waals surface area contributed by atoms with E-state index >= 15 is 0 Å². The molecule has 1 aliphatic carbocycles. The summed E-state index contributed by atoms with van der Waals surface area (Å²) in [5.74, 6) is -0.549. The number of aryl methyl sites for hydroxylation is 1. The maximum Gasteiger partial charge on any atom is 0.268 e. The van der Waals surface area contributed by atoms with E-state index in [2.05, 4.69) is 9.97 Å². The quantitative estimate of drug-likeness (QED) is 0.658. The number of nitrogens with zero attached hydrogens (tertiary/aromatic N) is 1. The number of aromatic nitrogens is 2. The van der Waals surface area contributed by atoms with Crippen LogP contribution < -0.4 is 11.2 Å². The standard InChI is InChI=1S/C15H17N3O3.C9H9F/c1-8-2-3-9(7-21-8)11-6-12(19)13-10(18-11)4-5-17-14(13)15(16)20;10-9-6-2-4-7-3-1-5-8(7)9/h4-6,8-9H,2-3,7H2,1H3,(H2,16,20)(H,18,19);2,4,6H,1,3,5H2. The van der Waals surface area contributed by atoms with Gasteiger partial charge in [0, 0.05) is 23.9 Å². The van der Waals surface area contributed by atoms with Gasteiger partial charge in [-0.15, -0.1) is 0 Å². The molecule has 162 valence electrons. The average Bonchev–Trinajstić information content (AvgIpc) is 3.24. The van der Waals surface area contributed by atoms with E-state index in [1.54, 1.807) is 18.2 Å². The van der Waals surface area contributed by atoms with Crippen molar-refractivity contribution < 1.29 is 13.9 Å². The lowest BCUT2D eigenvalue weighted by Crippen LogP contribution is -2.24. The zero-order valence-corrected chi connectivity index (χ0v) is 17.5. The fourth-order valence-electron chi connectivity index (χ4n) is 4.33. The second kappa shape index (κ2) is 8.98. The molecule has 7 heteroatoms. The van der Waals surface area contributed by atoms with E-state index in [1.807, 2.05) is 13.0 Å². The summed E-state index contributed by atoms with van der Waals surface area (Å²) in [4.78, 5) is 30.8. The minimum absolute atomic E-state index is 0.00816. The van der Waals surface area contributed by atoms with E-state index in [9.17, 15) is 14.0 Å². The molecular weight excluding hydrogens is 397 g/mol. The molecule has 31 heavy (non-hydrogen) atoms. The van der Waals surface area contributed by atoms with Crippen LogP contribution in [0.15, 0.2) is 41.3 Å². The van der Waals surface area contributed by atoms with Gasteiger partial charge in [-0.25, -0.2) is 4.39 Å². The molecule has 2 aliphatic rings. The van der Waals surface area contributed by atoms with Gasteiger partial charge in [-0.3, -0.25) is 14.6 Å². The highest BCUT2D eigenvalue weighted by atomic mass is 19.1. The van der Waals surface area contributed by atoms with Crippen LogP contribution in [0.4, 0.5) is 4.39 Å².